The Balaban J connectivity index is 2.59. The minimum Gasteiger partial charge on any atom is -0.0654 e. The van der Waals surface area contributed by atoms with Crippen LogP contribution in [0.1, 0.15) is 47.5 Å². The van der Waals surface area contributed by atoms with Crippen LogP contribution in [0.15, 0.2) is 0 Å². The van der Waals surface area contributed by atoms with Crippen LogP contribution < -0.4 is 0 Å². The van der Waals surface area contributed by atoms with Crippen LogP contribution in [0.5, 0.6) is 0 Å². The molecular weight excluding hydrogens is 120 g/mol. The Morgan fingerprint density at radius 3 is 1.70 bits per heavy atom. The van der Waals surface area contributed by atoms with Gasteiger partial charge in [-0.1, -0.05) is 41.0 Å². The van der Waals surface area contributed by atoms with Crippen molar-refractivity contribution in [1.82, 2.24) is 0 Å². The summed E-state index contributed by atoms with van der Waals surface area (Å²) in [4.78, 5) is 0. The maximum atomic E-state index is 2.43. The van der Waals surface area contributed by atoms with Gasteiger partial charge in [-0.05, 0) is 23.2 Å². The lowest BCUT2D eigenvalue weighted by Crippen LogP contribution is -2.02. The molecular formula is C10H20. The first kappa shape index (κ1) is 8.10. The average Bonchev–Trinajstić information content (AvgIpc) is 2.17. The van der Waals surface area contributed by atoms with Crippen LogP contribution in [-0.4, -0.2) is 0 Å². The summed E-state index contributed by atoms with van der Waals surface area (Å²) in [7, 11) is 0. The van der Waals surface area contributed by atoms with Crippen LogP contribution in [0.4, 0.5) is 0 Å². The maximum absolute atomic E-state index is 2.43. The maximum Gasteiger partial charge on any atom is -0.0241 e. The molecule has 0 heterocycles. The van der Waals surface area contributed by atoms with E-state index in [1.54, 1.807) is 0 Å². The molecule has 60 valence electrons. The Kier molecular flexibility index (Phi) is 1.61. The highest BCUT2D eigenvalue weighted by atomic mass is 14.7. The van der Waals surface area contributed by atoms with E-state index in [-0.39, 0.29) is 0 Å². The van der Waals surface area contributed by atoms with Gasteiger partial charge in [0.15, 0.2) is 0 Å². The number of hydrogen-bond acceptors (Lipinski definition) is 0. The summed E-state index contributed by atoms with van der Waals surface area (Å²) in [5, 5.41) is 0. The largest absolute Gasteiger partial charge is 0.0654 e. The molecule has 1 saturated carbocycles. The number of rotatable bonds is 2. The molecule has 0 N–H and O–H groups in total. The second-order valence-corrected chi connectivity index (χ2v) is 4.61. The van der Waals surface area contributed by atoms with E-state index in [1.165, 1.54) is 12.8 Å². The lowest BCUT2D eigenvalue weighted by molar-refractivity contribution is 0.384. The van der Waals surface area contributed by atoms with E-state index in [1.807, 2.05) is 0 Å². The van der Waals surface area contributed by atoms with Crippen LogP contribution in [0.2, 0.25) is 0 Å². The molecule has 1 fully saturated rings. The first-order valence-corrected chi connectivity index (χ1v) is 4.47. The van der Waals surface area contributed by atoms with Crippen molar-refractivity contribution in [1.29, 1.82) is 0 Å². The van der Waals surface area contributed by atoms with Gasteiger partial charge in [-0.15, -0.1) is 0 Å². The first-order valence-electron chi connectivity index (χ1n) is 4.47. The zero-order chi connectivity index (χ0) is 7.99. The third kappa shape index (κ3) is 0.741. The van der Waals surface area contributed by atoms with Crippen molar-refractivity contribution in [2.45, 2.75) is 47.5 Å². The molecule has 2 unspecified atom stereocenters. The van der Waals surface area contributed by atoms with Crippen molar-refractivity contribution in [3.05, 3.63) is 0 Å². The molecule has 0 aromatic carbocycles. The minimum atomic E-state index is 0.614. The van der Waals surface area contributed by atoms with Crippen molar-refractivity contribution in [2.24, 2.45) is 16.7 Å². The lowest BCUT2D eigenvalue weighted by atomic mass is 9.93. The topological polar surface area (TPSA) is 0 Å². The van der Waals surface area contributed by atoms with Gasteiger partial charge in [-0.3, -0.25) is 0 Å². The Bertz CT molecular complexity index is 135. The van der Waals surface area contributed by atoms with Gasteiger partial charge in [0.25, 0.3) is 0 Å². The van der Waals surface area contributed by atoms with Gasteiger partial charge in [0, 0.05) is 0 Å². The Morgan fingerprint density at radius 2 is 1.60 bits per heavy atom. The predicted octanol–water partition coefficient (Wildman–Crippen LogP) is 3.47. The normalized spacial score (nSPS) is 43.5. The van der Waals surface area contributed by atoms with E-state index in [2.05, 4.69) is 34.6 Å². The van der Waals surface area contributed by atoms with E-state index in [0.29, 0.717) is 10.8 Å². The molecule has 0 nitrogen and oxygen atoms in total. The number of hydrogen-bond donors (Lipinski definition) is 0. The van der Waals surface area contributed by atoms with Crippen molar-refractivity contribution in [3.63, 3.8) is 0 Å². The molecule has 1 aliphatic rings. The fourth-order valence-corrected chi connectivity index (χ4v) is 2.44. The molecule has 0 heteroatoms. The first-order chi connectivity index (χ1) is 4.47. The summed E-state index contributed by atoms with van der Waals surface area (Å²) in [5.41, 5.74) is 1.27. The quantitative estimate of drug-likeness (QED) is 0.551. The van der Waals surface area contributed by atoms with Crippen molar-refractivity contribution in [2.75, 3.05) is 0 Å². The third-order valence-electron chi connectivity index (χ3n) is 4.20. The molecule has 2 atom stereocenters. The molecule has 0 radical (unpaired) electrons. The predicted molar refractivity (Wildman–Crippen MR) is 46.0 cm³/mol. The third-order valence-corrected chi connectivity index (χ3v) is 4.20. The molecule has 0 bridgehead atoms. The van der Waals surface area contributed by atoms with Crippen LogP contribution in [0.3, 0.4) is 0 Å². The van der Waals surface area contributed by atoms with Crippen molar-refractivity contribution >= 4 is 0 Å². The van der Waals surface area contributed by atoms with Crippen LogP contribution >= 0.6 is 0 Å². The highest BCUT2D eigenvalue weighted by Crippen LogP contribution is 2.70. The monoisotopic (exact) mass is 140 g/mol. The van der Waals surface area contributed by atoms with Gasteiger partial charge >= 0.3 is 0 Å². The zero-order valence-corrected chi connectivity index (χ0v) is 7.99. The van der Waals surface area contributed by atoms with Crippen molar-refractivity contribution in [3.8, 4) is 0 Å². The van der Waals surface area contributed by atoms with E-state index in [9.17, 15) is 0 Å². The highest BCUT2D eigenvalue weighted by molar-refractivity contribution is 5.12. The second kappa shape index (κ2) is 1.99. The molecule has 0 aliphatic heterocycles. The summed E-state index contributed by atoms with van der Waals surface area (Å²) in [6.45, 7) is 11.9. The fourth-order valence-electron chi connectivity index (χ4n) is 2.44. The molecule has 1 rings (SSSR count). The molecule has 1 aliphatic carbocycles. The molecule has 0 spiro atoms. The molecule has 0 saturated heterocycles. The van der Waals surface area contributed by atoms with Gasteiger partial charge in [-0.25, -0.2) is 0 Å². The van der Waals surface area contributed by atoms with E-state index >= 15 is 0 Å². The van der Waals surface area contributed by atoms with Gasteiger partial charge in [0.2, 0.25) is 0 Å². The van der Waals surface area contributed by atoms with Gasteiger partial charge in [-0.2, -0.15) is 0 Å². The Morgan fingerprint density at radius 1 is 1.20 bits per heavy atom. The van der Waals surface area contributed by atoms with Gasteiger partial charge in [0.05, 0.1) is 0 Å². The van der Waals surface area contributed by atoms with Crippen LogP contribution in [-0.2, 0) is 0 Å². The second-order valence-electron chi connectivity index (χ2n) is 4.61. The summed E-state index contributed by atoms with van der Waals surface area (Å²) >= 11 is 0. The highest BCUT2D eigenvalue weighted by Gasteiger charge is 2.63. The fraction of sp³-hybridized carbons (Fsp3) is 1.00. The zero-order valence-electron chi connectivity index (χ0n) is 7.99. The minimum absolute atomic E-state index is 0.614. The summed E-state index contributed by atoms with van der Waals surface area (Å²) in [5.74, 6) is 0.931. The summed E-state index contributed by atoms with van der Waals surface area (Å²) in [6.07, 6.45) is 2.74. The van der Waals surface area contributed by atoms with Gasteiger partial charge in [0.1, 0.15) is 0 Å². The smallest absolute Gasteiger partial charge is 0.0241 e. The van der Waals surface area contributed by atoms with E-state index in [4.69, 9.17) is 0 Å². The average molecular weight is 140 g/mol. The molecule has 0 aromatic heterocycles. The van der Waals surface area contributed by atoms with Crippen molar-refractivity contribution < 1.29 is 0 Å². The Labute approximate surface area is 65.0 Å². The van der Waals surface area contributed by atoms with Crippen LogP contribution in [0.25, 0.3) is 0 Å². The van der Waals surface area contributed by atoms with Gasteiger partial charge < -0.3 is 0 Å². The summed E-state index contributed by atoms with van der Waals surface area (Å²) in [6, 6.07) is 0. The van der Waals surface area contributed by atoms with E-state index in [0.717, 1.165) is 5.92 Å². The lowest BCUT2D eigenvalue weighted by Gasteiger charge is -2.12. The van der Waals surface area contributed by atoms with E-state index < -0.39 is 0 Å². The molecule has 0 amide bonds. The molecule has 0 aromatic rings. The molecule has 10 heavy (non-hydrogen) atoms. The summed E-state index contributed by atoms with van der Waals surface area (Å²) < 4.78 is 0. The Hall–Kier alpha value is 0. The SMILES string of the molecule is CCCC1(C)C(C)C1(C)C. The standard InChI is InChI=1S/C10H20/c1-6-7-10(5)8(2)9(10,3)4/h8H,6-7H2,1-5H3. The van der Waals surface area contributed by atoms with Crippen LogP contribution in [0, 0.1) is 16.7 Å².